The van der Waals surface area contributed by atoms with Crippen LogP contribution in [-0.2, 0) is 9.59 Å². The summed E-state index contributed by atoms with van der Waals surface area (Å²) in [6.45, 7) is 4.25. The number of rotatable bonds is 4. The fourth-order valence-corrected chi connectivity index (χ4v) is 1.95. The molecule has 1 N–H and O–H groups in total. The van der Waals surface area contributed by atoms with Gasteiger partial charge < -0.3 is 10.0 Å². The van der Waals surface area contributed by atoms with Crippen molar-refractivity contribution in [1.82, 2.24) is 4.90 Å². The molecule has 4 nitrogen and oxygen atoms in total. The van der Waals surface area contributed by atoms with E-state index in [-0.39, 0.29) is 24.2 Å². The zero-order chi connectivity index (χ0) is 12.3. The number of carboxylic acids is 1. The van der Waals surface area contributed by atoms with Crippen molar-refractivity contribution >= 4 is 11.9 Å². The lowest BCUT2D eigenvalue weighted by molar-refractivity contribution is -0.149. The van der Waals surface area contributed by atoms with E-state index in [1.165, 1.54) is 4.90 Å². The molecule has 1 amide bonds. The molecule has 16 heavy (non-hydrogen) atoms. The van der Waals surface area contributed by atoms with Gasteiger partial charge in [-0.2, -0.15) is 0 Å². The van der Waals surface area contributed by atoms with E-state index in [0.29, 0.717) is 13.0 Å². The highest BCUT2D eigenvalue weighted by Crippen LogP contribution is 2.22. The maximum atomic E-state index is 11.6. The molecule has 2 atom stereocenters. The summed E-state index contributed by atoms with van der Waals surface area (Å²) in [5.74, 6) is 1.53. The average Bonchev–Trinajstić information content (AvgIpc) is 2.55. The molecular formula is C12H17NO3. The van der Waals surface area contributed by atoms with Gasteiger partial charge in [0.05, 0.1) is 0 Å². The van der Waals surface area contributed by atoms with Crippen molar-refractivity contribution in [3.8, 4) is 12.3 Å². The van der Waals surface area contributed by atoms with Crippen LogP contribution in [-0.4, -0.2) is 34.5 Å². The SMILES string of the molecule is C#CC1CC(=O)N([C@@H](CC(C)C)C(=O)O)C1. The number of hydrogen-bond donors (Lipinski definition) is 1. The van der Waals surface area contributed by atoms with E-state index >= 15 is 0 Å². The molecule has 1 aliphatic heterocycles. The molecule has 0 aromatic carbocycles. The third kappa shape index (κ3) is 2.75. The Balaban J connectivity index is 2.76. The summed E-state index contributed by atoms with van der Waals surface area (Å²) in [5.41, 5.74) is 0. The van der Waals surface area contributed by atoms with E-state index in [1.807, 2.05) is 13.8 Å². The van der Waals surface area contributed by atoms with Crippen LogP contribution in [0.2, 0.25) is 0 Å². The maximum Gasteiger partial charge on any atom is 0.326 e. The van der Waals surface area contributed by atoms with Crippen molar-refractivity contribution in [2.75, 3.05) is 6.54 Å². The second kappa shape index (κ2) is 5.02. The molecule has 1 heterocycles. The number of carbonyl (C=O) groups is 2. The minimum Gasteiger partial charge on any atom is -0.480 e. The van der Waals surface area contributed by atoms with Gasteiger partial charge in [-0.1, -0.05) is 13.8 Å². The molecule has 0 aromatic heterocycles. The normalized spacial score (nSPS) is 22.2. The van der Waals surface area contributed by atoms with Crippen molar-refractivity contribution in [3.63, 3.8) is 0 Å². The fraction of sp³-hybridized carbons (Fsp3) is 0.667. The van der Waals surface area contributed by atoms with Crippen LogP contribution in [0.25, 0.3) is 0 Å². The van der Waals surface area contributed by atoms with Crippen molar-refractivity contribution in [3.05, 3.63) is 0 Å². The fourth-order valence-electron chi connectivity index (χ4n) is 1.95. The second-order valence-corrected chi connectivity index (χ2v) is 4.60. The number of hydrogen-bond acceptors (Lipinski definition) is 2. The summed E-state index contributed by atoms with van der Waals surface area (Å²) in [6, 6.07) is -0.731. The summed E-state index contributed by atoms with van der Waals surface area (Å²) < 4.78 is 0. The summed E-state index contributed by atoms with van der Waals surface area (Å²) in [5, 5.41) is 9.11. The van der Waals surface area contributed by atoms with Crippen molar-refractivity contribution in [1.29, 1.82) is 0 Å². The summed E-state index contributed by atoms with van der Waals surface area (Å²) in [6.07, 6.45) is 6.01. The molecule has 0 radical (unpaired) electrons. The van der Waals surface area contributed by atoms with E-state index < -0.39 is 12.0 Å². The Labute approximate surface area is 95.6 Å². The molecule has 0 saturated carbocycles. The lowest BCUT2D eigenvalue weighted by atomic mass is 10.0. The molecule has 4 heteroatoms. The molecule has 1 rings (SSSR count). The van der Waals surface area contributed by atoms with Crippen LogP contribution in [0, 0.1) is 24.2 Å². The largest absolute Gasteiger partial charge is 0.480 e. The van der Waals surface area contributed by atoms with Crippen LogP contribution < -0.4 is 0 Å². The number of carboxylic acid groups (broad SMARTS) is 1. The van der Waals surface area contributed by atoms with Gasteiger partial charge in [-0.05, 0) is 12.3 Å². The van der Waals surface area contributed by atoms with E-state index in [2.05, 4.69) is 5.92 Å². The van der Waals surface area contributed by atoms with Crippen LogP contribution in [0.3, 0.4) is 0 Å². The number of likely N-dealkylation sites (tertiary alicyclic amines) is 1. The highest BCUT2D eigenvalue weighted by Gasteiger charge is 2.37. The number of nitrogens with zero attached hydrogens (tertiary/aromatic N) is 1. The molecule has 0 spiro atoms. The van der Waals surface area contributed by atoms with Crippen LogP contribution in [0.5, 0.6) is 0 Å². The van der Waals surface area contributed by atoms with Gasteiger partial charge in [0.2, 0.25) is 5.91 Å². The molecule has 0 aromatic rings. The van der Waals surface area contributed by atoms with Crippen LogP contribution >= 0.6 is 0 Å². The van der Waals surface area contributed by atoms with Gasteiger partial charge in [0.25, 0.3) is 0 Å². The number of amides is 1. The van der Waals surface area contributed by atoms with Gasteiger partial charge in [0, 0.05) is 18.9 Å². The van der Waals surface area contributed by atoms with Gasteiger partial charge >= 0.3 is 5.97 Å². The Hall–Kier alpha value is -1.50. The number of carbonyl (C=O) groups excluding carboxylic acids is 1. The van der Waals surface area contributed by atoms with Crippen molar-refractivity contribution < 1.29 is 14.7 Å². The molecular weight excluding hydrogens is 206 g/mol. The molecule has 1 unspecified atom stereocenters. The number of aliphatic carboxylic acids is 1. The monoisotopic (exact) mass is 223 g/mol. The van der Waals surface area contributed by atoms with E-state index in [1.54, 1.807) is 0 Å². The van der Waals surface area contributed by atoms with Crippen LogP contribution in [0.15, 0.2) is 0 Å². The van der Waals surface area contributed by atoms with Gasteiger partial charge in [-0.3, -0.25) is 4.79 Å². The molecule has 1 fully saturated rings. The molecule has 1 aliphatic rings. The zero-order valence-electron chi connectivity index (χ0n) is 9.64. The topological polar surface area (TPSA) is 57.6 Å². The maximum absolute atomic E-state index is 11.6. The molecule has 88 valence electrons. The zero-order valence-corrected chi connectivity index (χ0v) is 9.64. The van der Waals surface area contributed by atoms with E-state index in [4.69, 9.17) is 11.5 Å². The first-order chi connectivity index (χ1) is 7.45. The Morgan fingerprint density at radius 1 is 1.69 bits per heavy atom. The molecule has 0 bridgehead atoms. The van der Waals surface area contributed by atoms with Crippen molar-refractivity contribution in [2.45, 2.75) is 32.7 Å². The lowest BCUT2D eigenvalue weighted by Crippen LogP contribution is -2.43. The lowest BCUT2D eigenvalue weighted by Gasteiger charge is -2.25. The average molecular weight is 223 g/mol. The third-order valence-corrected chi connectivity index (χ3v) is 2.75. The first-order valence-corrected chi connectivity index (χ1v) is 5.44. The summed E-state index contributed by atoms with van der Waals surface area (Å²) >= 11 is 0. The second-order valence-electron chi connectivity index (χ2n) is 4.60. The first-order valence-electron chi connectivity index (χ1n) is 5.44. The Morgan fingerprint density at radius 3 is 2.69 bits per heavy atom. The standard InChI is InChI=1S/C12H17NO3/c1-4-9-6-11(14)13(7-9)10(12(15)16)5-8(2)3/h1,8-10H,5-7H2,2-3H3,(H,15,16)/t9?,10-/m0/s1. The smallest absolute Gasteiger partial charge is 0.326 e. The highest BCUT2D eigenvalue weighted by atomic mass is 16.4. The van der Waals surface area contributed by atoms with E-state index in [9.17, 15) is 9.59 Å². The highest BCUT2D eigenvalue weighted by molar-refractivity contribution is 5.85. The molecule has 0 aliphatic carbocycles. The van der Waals surface area contributed by atoms with Crippen LogP contribution in [0.4, 0.5) is 0 Å². The minimum atomic E-state index is -0.945. The van der Waals surface area contributed by atoms with E-state index in [0.717, 1.165) is 0 Å². The van der Waals surface area contributed by atoms with Gasteiger partial charge in [0.1, 0.15) is 6.04 Å². The quantitative estimate of drug-likeness (QED) is 0.722. The Bertz CT molecular complexity index is 330. The number of terminal acetylenes is 1. The van der Waals surface area contributed by atoms with Gasteiger partial charge in [0.15, 0.2) is 0 Å². The van der Waals surface area contributed by atoms with Crippen LogP contribution in [0.1, 0.15) is 26.7 Å². The Kier molecular flexibility index (Phi) is 3.94. The van der Waals surface area contributed by atoms with Gasteiger partial charge in [-0.25, -0.2) is 4.79 Å². The third-order valence-electron chi connectivity index (χ3n) is 2.75. The Morgan fingerprint density at radius 2 is 2.31 bits per heavy atom. The summed E-state index contributed by atoms with van der Waals surface area (Å²) in [4.78, 5) is 24.2. The first kappa shape index (κ1) is 12.6. The minimum absolute atomic E-state index is 0.137. The predicted molar refractivity (Wildman–Crippen MR) is 59.5 cm³/mol. The summed E-state index contributed by atoms with van der Waals surface area (Å²) in [7, 11) is 0. The van der Waals surface area contributed by atoms with Crippen molar-refractivity contribution in [2.24, 2.45) is 11.8 Å². The molecule has 1 saturated heterocycles. The van der Waals surface area contributed by atoms with Gasteiger partial charge in [-0.15, -0.1) is 12.3 Å². The predicted octanol–water partition coefficient (Wildman–Crippen LogP) is 0.967.